The molecule has 0 aromatic rings. The summed E-state index contributed by atoms with van der Waals surface area (Å²) >= 11 is 0. The molecule has 0 aromatic heterocycles. The molecule has 5 heteroatoms. The number of hydrogen-bond acceptors (Lipinski definition) is 3. The largest absolute Gasteiger partial charge is 0.303 e. The molecule has 0 aliphatic rings. The minimum Gasteiger partial charge on any atom is -0.303 e. The standard InChI is InChI=1S/C8H16N2O2S/c1-3-5-8(4-2)10-6-7-13(9,11)12/h2,8,10H,3,5-7H2,1H3,(H2,9,11,12). The van der Waals surface area contributed by atoms with Gasteiger partial charge in [0.2, 0.25) is 10.0 Å². The van der Waals surface area contributed by atoms with Gasteiger partial charge in [0, 0.05) is 6.54 Å². The van der Waals surface area contributed by atoms with Crippen molar-refractivity contribution < 1.29 is 8.42 Å². The number of primary sulfonamides is 1. The van der Waals surface area contributed by atoms with Crippen LogP contribution in [0.15, 0.2) is 0 Å². The highest BCUT2D eigenvalue weighted by Gasteiger charge is 2.05. The fourth-order valence-corrected chi connectivity index (χ4v) is 1.31. The van der Waals surface area contributed by atoms with Gasteiger partial charge < -0.3 is 5.32 Å². The Morgan fingerprint density at radius 2 is 2.23 bits per heavy atom. The molecule has 1 unspecified atom stereocenters. The predicted molar refractivity (Wildman–Crippen MR) is 53.5 cm³/mol. The number of sulfonamides is 1. The molecule has 0 fully saturated rings. The van der Waals surface area contributed by atoms with Crippen LogP contribution in [0.25, 0.3) is 0 Å². The van der Waals surface area contributed by atoms with Gasteiger partial charge in [-0.3, -0.25) is 0 Å². The van der Waals surface area contributed by atoms with E-state index >= 15 is 0 Å². The molecule has 76 valence electrons. The Morgan fingerprint density at radius 1 is 1.62 bits per heavy atom. The third-order valence-electron chi connectivity index (χ3n) is 1.56. The van der Waals surface area contributed by atoms with Gasteiger partial charge in [-0.15, -0.1) is 6.42 Å². The average Bonchev–Trinajstić information content (AvgIpc) is 2.01. The first-order valence-corrected chi connectivity index (χ1v) is 5.91. The average molecular weight is 204 g/mol. The minimum atomic E-state index is -3.37. The molecule has 0 saturated heterocycles. The summed E-state index contributed by atoms with van der Waals surface area (Å²) in [6.45, 7) is 2.33. The van der Waals surface area contributed by atoms with Crippen molar-refractivity contribution in [3.63, 3.8) is 0 Å². The highest BCUT2D eigenvalue weighted by molar-refractivity contribution is 7.89. The molecule has 4 nitrogen and oxygen atoms in total. The number of nitrogens with two attached hydrogens (primary N) is 1. The first kappa shape index (κ1) is 12.4. The van der Waals surface area contributed by atoms with E-state index in [1.54, 1.807) is 0 Å². The summed E-state index contributed by atoms with van der Waals surface area (Å²) in [5.41, 5.74) is 0. The quantitative estimate of drug-likeness (QED) is 0.582. The molecule has 0 aliphatic heterocycles. The van der Waals surface area contributed by atoms with Gasteiger partial charge in [-0.2, -0.15) is 0 Å². The summed E-state index contributed by atoms with van der Waals surface area (Å²) in [7, 11) is -3.37. The second kappa shape index (κ2) is 5.97. The zero-order valence-electron chi connectivity index (χ0n) is 7.79. The molecule has 0 amide bonds. The van der Waals surface area contributed by atoms with Crippen LogP contribution >= 0.6 is 0 Å². The molecule has 0 bridgehead atoms. The zero-order chi connectivity index (χ0) is 10.3. The normalized spacial score (nSPS) is 13.6. The maximum absolute atomic E-state index is 10.5. The molecule has 0 aliphatic carbocycles. The lowest BCUT2D eigenvalue weighted by Crippen LogP contribution is -2.33. The number of hydrogen-bond donors (Lipinski definition) is 2. The van der Waals surface area contributed by atoms with E-state index in [1.807, 2.05) is 6.92 Å². The molecular formula is C8H16N2O2S. The van der Waals surface area contributed by atoms with Crippen molar-refractivity contribution in [3.8, 4) is 12.3 Å². The van der Waals surface area contributed by atoms with Crippen LogP contribution in [0.3, 0.4) is 0 Å². The molecular weight excluding hydrogens is 188 g/mol. The summed E-state index contributed by atoms with van der Waals surface area (Å²) in [6.07, 6.45) is 7.03. The first-order chi connectivity index (χ1) is 5.99. The van der Waals surface area contributed by atoms with Crippen molar-refractivity contribution in [2.75, 3.05) is 12.3 Å². The summed E-state index contributed by atoms with van der Waals surface area (Å²) in [5, 5.41) is 7.75. The molecule has 0 heterocycles. The first-order valence-electron chi connectivity index (χ1n) is 4.19. The fourth-order valence-electron chi connectivity index (χ4n) is 0.908. The number of rotatable bonds is 6. The van der Waals surface area contributed by atoms with E-state index < -0.39 is 10.0 Å². The molecule has 1 atom stereocenters. The van der Waals surface area contributed by atoms with E-state index in [2.05, 4.69) is 11.2 Å². The Morgan fingerprint density at radius 3 is 2.62 bits per heavy atom. The molecule has 3 N–H and O–H groups in total. The van der Waals surface area contributed by atoms with Crippen LogP contribution in [0.1, 0.15) is 19.8 Å². The smallest absolute Gasteiger partial charge is 0.210 e. The second-order valence-corrected chi connectivity index (χ2v) is 4.56. The van der Waals surface area contributed by atoms with Gasteiger partial charge >= 0.3 is 0 Å². The Hall–Kier alpha value is -0.570. The topological polar surface area (TPSA) is 72.2 Å². The summed E-state index contributed by atoms with van der Waals surface area (Å²) in [4.78, 5) is 0. The van der Waals surface area contributed by atoms with E-state index in [-0.39, 0.29) is 11.8 Å². The highest BCUT2D eigenvalue weighted by atomic mass is 32.2. The van der Waals surface area contributed by atoms with Gasteiger partial charge in [0.05, 0.1) is 11.8 Å². The Kier molecular flexibility index (Phi) is 5.71. The van der Waals surface area contributed by atoms with Gasteiger partial charge in [0.15, 0.2) is 0 Å². The van der Waals surface area contributed by atoms with E-state index in [4.69, 9.17) is 11.6 Å². The van der Waals surface area contributed by atoms with Crippen LogP contribution in [-0.4, -0.2) is 26.8 Å². The van der Waals surface area contributed by atoms with Gasteiger partial charge in [0.25, 0.3) is 0 Å². The van der Waals surface area contributed by atoms with Crippen molar-refractivity contribution in [2.45, 2.75) is 25.8 Å². The summed E-state index contributed by atoms with van der Waals surface area (Å²) in [6, 6.07) is -0.0493. The van der Waals surface area contributed by atoms with Crippen LogP contribution in [-0.2, 0) is 10.0 Å². The molecule has 0 radical (unpaired) electrons. The lowest BCUT2D eigenvalue weighted by molar-refractivity contribution is 0.566. The van der Waals surface area contributed by atoms with Crippen LogP contribution in [0.4, 0.5) is 0 Å². The van der Waals surface area contributed by atoms with E-state index in [9.17, 15) is 8.42 Å². The minimum absolute atomic E-state index is 0.0493. The third-order valence-corrected chi connectivity index (χ3v) is 2.33. The van der Waals surface area contributed by atoms with Gasteiger partial charge in [-0.1, -0.05) is 19.3 Å². The van der Waals surface area contributed by atoms with Crippen LogP contribution in [0, 0.1) is 12.3 Å². The van der Waals surface area contributed by atoms with Crippen molar-refractivity contribution in [2.24, 2.45) is 5.14 Å². The van der Waals surface area contributed by atoms with Crippen molar-refractivity contribution >= 4 is 10.0 Å². The van der Waals surface area contributed by atoms with E-state index in [0.29, 0.717) is 6.54 Å². The fraction of sp³-hybridized carbons (Fsp3) is 0.750. The van der Waals surface area contributed by atoms with E-state index in [1.165, 1.54) is 0 Å². The molecule has 0 saturated carbocycles. The lowest BCUT2D eigenvalue weighted by Gasteiger charge is -2.10. The summed E-state index contributed by atoms with van der Waals surface area (Å²) in [5.74, 6) is 2.47. The molecule has 0 rings (SSSR count). The second-order valence-electron chi connectivity index (χ2n) is 2.83. The van der Waals surface area contributed by atoms with E-state index in [0.717, 1.165) is 12.8 Å². The van der Waals surface area contributed by atoms with Crippen molar-refractivity contribution in [1.29, 1.82) is 0 Å². The zero-order valence-corrected chi connectivity index (χ0v) is 8.60. The molecule has 13 heavy (non-hydrogen) atoms. The Balaban J connectivity index is 3.69. The maximum atomic E-state index is 10.5. The highest BCUT2D eigenvalue weighted by Crippen LogP contribution is 1.93. The molecule has 0 aromatic carbocycles. The van der Waals surface area contributed by atoms with Gasteiger partial charge in [0.1, 0.15) is 0 Å². The van der Waals surface area contributed by atoms with Crippen LogP contribution in [0.2, 0.25) is 0 Å². The molecule has 0 spiro atoms. The number of terminal acetylenes is 1. The number of nitrogens with one attached hydrogen (secondary N) is 1. The lowest BCUT2D eigenvalue weighted by atomic mass is 10.2. The maximum Gasteiger partial charge on any atom is 0.210 e. The van der Waals surface area contributed by atoms with Crippen molar-refractivity contribution in [1.82, 2.24) is 5.32 Å². The van der Waals surface area contributed by atoms with Gasteiger partial charge in [-0.25, -0.2) is 13.6 Å². The monoisotopic (exact) mass is 204 g/mol. The SMILES string of the molecule is C#CC(CCC)NCCS(N)(=O)=O. The van der Waals surface area contributed by atoms with Gasteiger partial charge in [-0.05, 0) is 6.42 Å². The Labute approximate surface area is 79.9 Å². The van der Waals surface area contributed by atoms with Crippen LogP contribution < -0.4 is 10.5 Å². The van der Waals surface area contributed by atoms with Crippen molar-refractivity contribution in [3.05, 3.63) is 0 Å². The summed E-state index contributed by atoms with van der Waals surface area (Å²) < 4.78 is 21.1. The third kappa shape index (κ3) is 7.78. The predicted octanol–water partition coefficient (Wildman–Crippen LogP) is -0.334. The Bertz CT molecular complexity index is 266. The van der Waals surface area contributed by atoms with Crippen LogP contribution in [0.5, 0.6) is 0 Å².